The molecule has 1 N–H and O–H groups in total. The van der Waals surface area contributed by atoms with Crippen LogP contribution in [0, 0.1) is 5.82 Å². The van der Waals surface area contributed by atoms with E-state index >= 15 is 0 Å². The second-order valence-corrected chi connectivity index (χ2v) is 8.09. The summed E-state index contributed by atoms with van der Waals surface area (Å²) in [6.07, 6.45) is 1.75. The molecule has 2 aromatic rings. The highest BCUT2D eigenvalue weighted by Crippen LogP contribution is 2.30. The van der Waals surface area contributed by atoms with Gasteiger partial charge in [0.15, 0.2) is 0 Å². The Hall–Kier alpha value is -1.44. The first-order chi connectivity index (χ1) is 10.4. The van der Waals surface area contributed by atoms with E-state index in [1.54, 1.807) is 20.2 Å². The number of nitrogens with zero attached hydrogens (tertiary/aromatic N) is 2. The van der Waals surface area contributed by atoms with E-state index < -0.39 is 10.2 Å². The molecular weight excluding hydrogens is 305 g/mol. The molecule has 0 saturated carbocycles. The summed E-state index contributed by atoms with van der Waals surface area (Å²) in [6, 6.07) is 6.55. The Kier molecular flexibility index (Phi) is 3.96. The van der Waals surface area contributed by atoms with Crippen molar-refractivity contribution in [2.75, 3.05) is 27.2 Å². The number of aromatic amines is 1. The van der Waals surface area contributed by atoms with Crippen LogP contribution in [0.3, 0.4) is 0 Å². The van der Waals surface area contributed by atoms with Crippen LogP contribution in [-0.2, 0) is 10.2 Å². The van der Waals surface area contributed by atoms with Gasteiger partial charge in [0.2, 0.25) is 0 Å². The molecule has 0 bridgehead atoms. The van der Waals surface area contributed by atoms with Crippen LogP contribution in [-0.4, -0.2) is 49.2 Å². The molecule has 0 amide bonds. The fourth-order valence-electron chi connectivity index (χ4n) is 2.98. The molecule has 3 rings (SSSR count). The van der Waals surface area contributed by atoms with Gasteiger partial charge in [-0.2, -0.15) is 17.0 Å². The van der Waals surface area contributed by atoms with Crippen LogP contribution in [0.5, 0.6) is 0 Å². The number of hydrogen-bond donors (Lipinski definition) is 1. The van der Waals surface area contributed by atoms with Crippen LogP contribution < -0.4 is 0 Å². The molecule has 120 valence electrons. The summed E-state index contributed by atoms with van der Waals surface area (Å²) in [5.41, 5.74) is 1.85. The number of benzene rings is 1. The molecule has 1 fully saturated rings. The summed E-state index contributed by atoms with van der Waals surface area (Å²) in [7, 11) is -0.292. The molecule has 1 aliphatic rings. The topological polar surface area (TPSA) is 56.4 Å². The molecule has 1 aromatic heterocycles. The molecule has 0 aliphatic carbocycles. The van der Waals surface area contributed by atoms with E-state index in [2.05, 4.69) is 4.98 Å². The SMILES string of the molecule is CN(C)S(=O)(=O)N1CCCC(c2cc3cc(F)ccc3[nH]2)C1. The highest BCUT2D eigenvalue weighted by molar-refractivity contribution is 7.86. The van der Waals surface area contributed by atoms with Crippen molar-refractivity contribution in [1.29, 1.82) is 0 Å². The number of nitrogens with one attached hydrogen (secondary N) is 1. The summed E-state index contributed by atoms with van der Waals surface area (Å²) < 4.78 is 40.6. The Morgan fingerprint density at radius 2 is 2.09 bits per heavy atom. The first-order valence-electron chi connectivity index (χ1n) is 7.33. The third-order valence-electron chi connectivity index (χ3n) is 4.22. The Bertz CT molecular complexity index is 785. The van der Waals surface area contributed by atoms with Gasteiger partial charge in [0.05, 0.1) is 0 Å². The highest BCUT2D eigenvalue weighted by atomic mass is 32.2. The van der Waals surface area contributed by atoms with E-state index in [4.69, 9.17) is 0 Å². The lowest BCUT2D eigenvalue weighted by Crippen LogP contribution is -2.44. The molecule has 1 saturated heterocycles. The minimum Gasteiger partial charge on any atom is -0.358 e. The normalized spacial score (nSPS) is 20.8. The van der Waals surface area contributed by atoms with Crippen molar-refractivity contribution in [2.24, 2.45) is 0 Å². The molecule has 7 heteroatoms. The van der Waals surface area contributed by atoms with Crippen molar-refractivity contribution in [3.63, 3.8) is 0 Å². The van der Waals surface area contributed by atoms with Crippen LogP contribution in [0.25, 0.3) is 10.9 Å². The standard InChI is InChI=1S/C15H20FN3O2S/c1-18(2)22(20,21)19-7-3-4-11(10-19)15-9-12-8-13(16)5-6-14(12)17-15/h5-6,8-9,11,17H,3-4,7,10H2,1-2H3. The van der Waals surface area contributed by atoms with E-state index in [1.807, 2.05) is 6.07 Å². The summed E-state index contributed by atoms with van der Waals surface area (Å²) in [6.45, 7) is 1.00. The highest BCUT2D eigenvalue weighted by Gasteiger charge is 2.31. The predicted molar refractivity (Wildman–Crippen MR) is 84.4 cm³/mol. The zero-order chi connectivity index (χ0) is 15.9. The molecule has 22 heavy (non-hydrogen) atoms. The van der Waals surface area contributed by atoms with E-state index in [0.717, 1.165) is 29.4 Å². The third-order valence-corrected chi connectivity index (χ3v) is 6.12. The molecule has 1 aliphatic heterocycles. The minimum atomic E-state index is -3.38. The average Bonchev–Trinajstić information content (AvgIpc) is 2.90. The van der Waals surface area contributed by atoms with Crippen molar-refractivity contribution < 1.29 is 12.8 Å². The van der Waals surface area contributed by atoms with Crippen LogP contribution >= 0.6 is 0 Å². The molecule has 5 nitrogen and oxygen atoms in total. The van der Waals surface area contributed by atoms with Crippen molar-refractivity contribution in [3.8, 4) is 0 Å². The van der Waals surface area contributed by atoms with Gasteiger partial charge in [-0.15, -0.1) is 0 Å². The number of hydrogen-bond acceptors (Lipinski definition) is 2. The molecular formula is C15H20FN3O2S. The van der Waals surface area contributed by atoms with Gasteiger partial charge < -0.3 is 4.98 Å². The number of fused-ring (bicyclic) bond motifs is 1. The maximum atomic E-state index is 13.3. The maximum absolute atomic E-state index is 13.3. The van der Waals surface area contributed by atoms with Crippen molar-refractivity contribution in [3.05, 3.63) is 35.8 Å². The smallest absolute Gasteiger partial charge is 0.281 e. The Morgan fingerprint density at radius 3 is 2.82 bits per heavy atom. The zero-order valence-electron chi connectivity index (χ0n) is 12.7. The first-order valence-corrected chi connectivity index (χ1v) is 8.73. The average molecular weight is 325 g/mol. The van der Waals surface area contributed by atoms with E-state index in [9.17, 15) is 12.8 Å². The van der Waals surface area contributed by atoms with E-state index in [-0.39, 0.29) is 11.7 Å². The molecule has 1 unspecified atom stereocenters. The van der Waals surface area contributed by atoms with Crippen LogP contribution in [0.1, 0.15) is 24.5 Å². The van der Waals surface area contributed by atoms with Gasteiger partial charge in [0.1, 0.15) is 5.82 Å². The number of H-pyrrole nitrogens is 1. The first kappa shape index (κ1) is 15.5. The van der Waals surface area contributed by atoms with Gasteiger partial charge in [0.25, 0.3) is 10.2 Å². The monoisotopic (exact) mass is 325 g/mol. The van der Waals surface area contributed by atoms with Gasteiger partial charge in [-0.3, -0.25) is 0 Å². The Balaban J connectivity index is 1.87. The van der Waals surface area contributed by atoms with Gasteiger partial charge in [-0.1, -0.05) is 0 Å². The van der Waals surface area contributed by atoms with Gasteiger partial charge >= 0.3 is 0 Å². The number of halogens is 1. The number of piperidine rings is 1. The Labute approximate surface area is 129 Å². The third kappa shape index (κ3) is 2.76. The van der Waals surface area contributed by atoms with E-state index in [1.165, 1.54) is 20.7 Å². The lowest BCUT2D eigenvalue weighted by Gasteiger charge is -2.33. The number of rotatable bonds is 3. The Morgan fingerprint density at radius 1 is 1.32 bits per heavy atom. The van der Waals surface area contributed by atoms with Crippen LogP contribution in [0.2, 0.25) is 0 Å². The van der Waals surface area contributed by atoms with Crippen molar-refractivity contribution >= 4 is 21.1 Å². The van der Waals surface area contributed by atoms with Crippen molar-refractivity contribution in [2.45, 2.75) is 18.8 Å². The summed E-state index contributed by atoms with van der Waals surface area (Å²) >= 11 is 0. The molecule has 1 aromatic carbocycles. The quantitative estimate of drug-likeness (QED) is 0.941. The lowest BCUT2D eigenvalue weighted by molar-refractivity contribution is 0.296. The molecule has 0 spiro atoms. The fourth-order valence-corrected chi connectivity index (χ4v) is 4.17. The lowest BCUT2D eigenvalue weighted by atomic mass is 9.96. The van der Waals surface area contributed by atoms with Crippen LogP contribution in [0.4, 0.5) is 4.39 Å². The van der Waals surface area contributed by atoms with E-state index in [0.29, 0.717) is 13.1 Å². The molecule has 2 heterocycles. The molecule has 1 atom stereocenters. The number of aromatic nitrogens is 1. The summed E-state index contributed by atoms with van der Waals surface area (Å²) in [4.78, 5) is 3.29. The predicted octanol–water partition coefficient (Wildman–Crippen LogP) is 2.29. The fraction of sp³-hybridized carbons (Fsp3) is 0.467. The maximum Gasteiger partial charge on any atom is 0.281 e. The second-order valence-electron chi connectivity index (χ2n) is 5.94. The van der Waals surface area contributed by atoms with Gasteiger partial charge in [-0.25, -0.2) is 4.39 Å². The summed E-state index contributed by atoms with van der Waals surface area (Å²) in [5.74, 6) is -0.155. The zero-order valence-corrected chi connectivity index (χ0v) is 13.5. The minimum absolute atomic E-state index is 0.110. The molecule has 0 radical (unpaired) electrons. The van der Waals surface area contributed by atoms with Gasteiger partial charge in [-0.05, 0) is 37.1 Å². The largest absolute Gasteiger partial charge is 0.358 e. The van der Waals surface area contributed by atoms with Gasteiger partial charge in [0, 0.05) is 49.7 Å². The van der Waals surface area contributed by atoms with Crippen LogP contribution in [0.15, 0.2) is 24.3 Å². The second kappa shape index (κ2) is 5.64. The van der Waals surface area contributed by atoms with Crippen molar-refractivity contribution in [1.82, 2.24) is 13.6 Å². The summed E-state index contributed by atoms with van der Waals surface area (Å²) in [5, 5.41) is 0.822.